The second kappa shape index (κ2) is 7.83. The van der Waals surface area contributed by atoms with Gasteiger partial charge in [0.25, 0.3) is 0 Å². The molecular formula is C20H29NO2S. The molecule has 0 bridgehead atoms. The van der Waals surface area contributed by atoms with Gasteiger partial charge in [0.2, 0.25) is 9.84 Å². The molecule has 0 radical (unpaired) electrons. The third-order valence-corrected chi connectivity index (χ3v) is 7.30. The monoisotopic (exact) mass is 347 g/mol. The van der Waals surface area contributed by atoms with E-state index in [4.69, 9.17) is 0 Å². The molecule has 1 saturated heterocycles. The highest BCUT2D eigenvalue weighted by molar-refractivity contribution is 7.95. The molecule has 2 atom stereocenters. The summed E-state index contributed by atoms with van der Waals surface area (Å²) in [5.74, 6) is 0. The fourth-order valence-electron chi connectivity index (χ4n) is 4.10. The fourth-order valence-corrected chi connectivity index (χ4v) is 5.67. The molecule has 0 saturated carbocycles. The average molecular weight is 348 g/mol. The van der Waals surface area contributed by atoms with E-state index in [1.54, 1.807) is 24.3 Å². The minimum Gasteiger partial charge on any atom is -0.294 e. The molecule has 132 valence electrons. The van der Waals surface area contributed by atoms with Gasteiger partial charge in [0, 0.05) is 17.0 Å². The highest BCUT2D eigenvalue weighted by atomic mass is 32.2. The number of fused-ring (bicyclic) bond motifs is 1. The van der Waals surface area contributed by atoms with Gasteiger partial charge in [-0.05, 0) is 44.4 Å². The smallest absolute Gasteiger partial charge is 0.202 e. The van der Waals surface area contributed by atoms with Crippen LogP contribution in [0, 0.1) is 0 Å². The second-order valence-corrected chi connectivity index (χ2v) is 9.11. The minimum atomic E-state index is -3.33. The number of nitrogens with zero attached hydrogens (tertiary/aromatic N) is 1. The number of hydrogen-bond acceptors (Lipinski definition) is 3. The summed E-state index contributed by atoms with van der Waals surface area (Å²) >= 11 is 0. The van der Waals surface area contributed by atoms with Gasteiger partial charge in [-0.25, -0.2) is 8.42 Å². The predicted octanol–water partition coefficient (Wildman–Crippen LogP) is 4.55. The van der Waals surface area contributed by atoms with Crippen LogP contribution in [0.1, 0.15) is 58.3 Å². The summed E-state index contributed by atoms with van der Waals surface area (Å²) < 4.78 is 26.0. The summed E-state index contributed by atoms with van der Waals surface area (Å²) in [5.41, 5.74) is 0. The maximum Gasteiger partial charge on any atom is 0.202 e. The van der Waals surface area contributed by atoms with Crippen molar-refractivity contribution in [1.29, 1.82) is 0 Å². The van der Waals surface area contributed by atoms with Crippen LogP contribution in [0.15, 0.2) is 46.2 Å². The second-order valence-electron chi connectivity index (χ2n) is 7.10. The lowest BCUT2D eigenvalue weighted by Crippen LogP contribution is -2.42. The first kappa shape index (κ1) is 17.7. The van der Waals surface area contributed by atoms with Gasteiger partial charge in [0.1, 0.15) is 0 Å². The van der Waals surface area contributed by atoms with Crippen molar-refractivity contribution >= 4 is 9.84 Å². The van der Waals surface area contributed by atoms with Crippen molar-refractivity contribution in [1.82, 2.24) is 4.90 Å². The third-order valence-electron chi connectivity index (χ3n) is 5.42. The zero-order chi connectivity index (χ0) is 17.0. The van der Waals surface area contributed by atoms with Gasteiger partial charge in [-0.1, -0.05) is 56.9 Å². The van der Waals surface area contributed by atoms with Crippen LogP contribution in [-0.2, 0) is 9.84 Å². The van der Waals surface area contributed by atoms with Crippen LogP contribution in [0.4, 0.5) is 0 Å². The molecule has 4 heteroatoms. The SMILES string of the molecule is CCCCCC[C@@H]1C=C(S(=O)(=O)c2ccccc2)C[C@@H]2CCCN21. The highest BCUT2D eigenvalue weighted by Crippen LogP contribution is 2.36. The molecule has 3 rings (SSSR count). The maximum absolute atomic E-state index is 13.0. The Morgan fingerprint density at radius 1 is 1.12 bits per heavy atom. The normalized spacial score (nSPS) is 24.6. The van der Waals surface area contributed by atoms with Crippen LogP contribution in [0.2, 0.25) is 0 Å². The maximum atomic E-state index is 13.0. The lowest BCUT2D eigenvalue weighted by Gasteiger charge is -2.36. The van der Waals surface area contributed by atoms with E-state index in [1.807, 2.05) is 6.07 Å². The quantitative estimate of drug-likeness (QED) is 0.679. The molecule has 2 heterocycles. The summed E-state index contributed by atoms with van der Waals surface area (Å²) in [6, 6.07) is 9.63. The third kappa shape index (κ3) is 3.75. The zero-order valence-corrected chi connectivity index (χ0v) is 15.5. The van der Waals surface area contributed by atoms with Crippen molar-refractivity contribution < 1.29 is 8.42 Å². The van der Waals surface area contributed by atoms with Gasteiger partial charge in [-0.2, -0.15) is 0 Å². The van der Waals surface area contributed by atoms with E-state index in [0.29, 0.717) is 28.3 Å². The highest BCUT2D eigenvalue weighted by Gasteiger charge is 2.37. The summed E-state index contributed by atoms with van der Waals surface area (Å²) in [5, 5.41) is 0. The van der Waals surface area contributed by atoms with Gasteiger partial charge in [-0.15, -0.1) is 0 Å². The first-order valence-electron chi connectivity index (χ1n) is 9.39. The first-order chi connectivity index (χ1) is 11.6. The number of unbranched alkanes of at least 4 members (excludes halogenated alkanes) is 3. The first-order valence-corrected chi connectivity index (χ1v) is 10.9. The van der Waals surface area contributed by atoms with Gasteiger partial charge in [0.15, 0.2) is 0 Å². The standard InChI is InChI=1S/C20H29NO2S/c1-2-3-4-6-10-17-15-20(16-18-11-9-14-21(17)18)24(22,23)19-12-7-5-8-13-19/h5,7-8,12-13,15,17-18H,2-4,6,9-11,14,16H2,1H3/t17-,18+/m1/s1. The van der Waals surface area contributed by atoms with E-state index < -0.39 is 9.84 Å². The number of hydrogen-bond donors (Lipinski definition) is 0. The molecule has 0 amide bonds. The van der Waals surface area contributed by atoms with Crippen LogP contribution in [0.25, 0.3) is 0 Å². The molecule has 0 spiro atoms. The molecule has 1 aromatic rings. The molecule has 0 unspecified atom stereocenters. The van der Waals surface area contributed by atoms with Gasteiger partial charge < -0.3 is 0 Å². The lowest BCUT2D eigenvalue weighted by atomic mass is 9.99. The zero-order valence-electron chi connectivity index (χ0n) is 14.7. The largest absolute Gasteiger partial charge is 0.294 e. The van der Waals surface area contributed by atoms with E-state index in [-0.39, 0.29) is 0 Å². The summed E-state index contributed by atoms with van der Waals surface area (Å²) in [6.45, 7) is 3.35. The van der Waals surface area contributed by atoms with Crippen molar-refractivity contribution in [3.8, 4) is 0 Å². The summed E-state index contributed by atoms with van der Waals surface area (Å²) in [4.78, 5) is 3.64. The molecule has 3 nitrogen and oxygen atoms in total. The molecule has 2 aliphatic heterocycles. The van der Waals surface area contributed by atoms with E-state index in [2.05, 4.69) is 17.9 Å². The van der Waals surface area contributed by atoms with Crippen LogP contribution < -0.4 is 0 Å². The Morgan fingerprint density at radius 3 is 2.67 bits per heavy atom. The van der Waals surface area contributed by atoms with E-state index in [0.717, 1.165) is 19.4 Å². The molecule has 24 heavy (non-hydrogen) atoms. The molecular weight excluding hydrogens is 318 g/mol. The summed E-state index contributed by atoms with van der Waals surface area (Å²) in [7, 11) is -3.33. The van der Waals surface area contributed by atoms with Crippen molar-refractivity contribution in [3.05, 3.63) is 41.3 Å². The Balaban J connectivity index is 1.81. The number of rotatable bonds is 7. The van der Waals surface area contributed by atoms with Crippen LogP contribution in [0.5, 0.6) is 0 Å². The van der Waals surface area contributed by atoms with Crippen LogP contribution in [0.3, 0.4) is 0 Å². The topological polar surface area (TPSA) is 37.4 Å². The Labute approximate surface area is 146 Å². The fraction of sp³-hybridized carbons (Fsp3) is 0.600. The Bertz CT molecular complexity index is 666. The predicted molar refractivity (Wildman–Crippen MR) is 98.6 cm³/mol. The van der Waals surface area contributed by atoms with Crippen molar-refractivity contribution in [3.63, 3.8) is 0 Å². The molecule has 0 N–H and O–H groups in total. The van der Waals surface area contributed by atoms with Gasteiger partial charge >= 0.3 is 0 Å². The van der Waals surface area contributed by atoms with Gasteiger partial charge in [0.05, 0.1) is 4.90 Å². The molecule has 1 fully saturated rings. The minimum absolute atomic E-state index is 0.302. The molecule has 1 aromatic carbocycles. The Kier molecular flexibility index (Phi) is 5.77. The van der Waals surface area contributed by atoms with Crippen LogP contribution >= 0.6 is 0 Å². The van der Waals surface area contributed by atoms with E-state index >= 15 is 0 Å². The number of benzene rings is 1. The molecule has 0 aromatic heterocycles. The molecule has 0 aliphatic carbocycles. The van der Waals surface area contributed by atoms with E-state index in [9.17, 15) is 8.42 Å². The van der Waals surface area contributed by atoms with Crippen LogP contribution in [-0.4, -0.2) is 31.9 Å². The Hall–Kier alpha value is -1.13. The van der Waals surface area contributed by atoms with E-state index in [1.165, 1.54) is 32.1 Å². The Morgan fingerprint density at radius 2 is 1.92 bits per heavy atom. The lowest BCUT2D eigenvalue weighted by molar-refractivity contribution is 0.187. The average Bonchev–Trinajstić information content (AvgIpc) is 3.08. The van der Waals surface area contributed by atoms with Crippen molar-refractivity contribution in [2.45, 2.75) is 75.3 Å². The van der Waals surface area contributed by atoms with Crippen molar-refractivity contribution in [2.75, 3.05) is 6.54 Å². The van der Waals surface area contributed by atoms with Crippen molar-refractivity contribution in [2.24, 2.45) is 0 Å². The summed E-state index contributed by atoms with van der Waals surface area (Å²) in [6.07, 6.45) is 11.1. The van der Waals surface area contributed by atoms with Gasteiger partial charge in [-0.3, -0.25) is 4.90 Å². The molecule has 2 aliphatic rings. The number of sulfone groups is 1.